The van der Waals surface area contributed by atoms with Crippen molar-refractivity contribution in [2.24, 2.45) is 11.8 Å². The van der Waals surface area contributed by atoms with Crippen molar-refractivity contribution in [2.45, 2.75) is 34.6 Å². The molecule has 0 unspecified atom stereocenters. The van der Waals surface area contributed by atoms with E-state index in [1.165, 1.54) is 0 Å². The summed E-state index contributed by atoms with van der Waals surface area (Å²) in [6.07, 6.45) is 0. The maximum absolute atomic E-state index is 5.93. The lowest BCUT2D eigenvalue weighted by atomic mass is 10.1. The van der Waals surface area contributed by atoms with Gasteiger partial charge in [0, 0.05) is 13.1 Å². The molecule has 1 heterocycles. The van der Waals surface area contributed by atoms with E-state index >= 15 is 0 Å². The third kappa shape index (κ3) is 3.43. The van der Waals surface area contributed by atoms with E-state index in [-0.39, 0.29) is 0 Å². The summed E-state index contributed by atoms with van der Waals surface area (Å²) in [6.45, 7) is 12.8. The molecule has 16 heavy (non-hydrogen) atoms. The van der Waals surface area contributed by atoms with Gasteiger partial charge in [0.25, 0.3) is 0 Å². The number of nitrogens with two attached hydrogens (primary N) is 1. The van der Waals surface area contributed by atoms with Crippen molar-refractivity contribution in [3.8, 4) is 0 Å². The highest BCUT2D eigenvalue weighted by Crippen LogP contribution is 2.21. The van der Waals surface area contributed by atoms with Gasteiger partial charge in [0.2, 0.25) is 0 Å². The van der Waals surface area contributed by atoms with E-state index in [2.05, 4.69) is 42.6 Å². The average Bonchev–Trinajstić information content (AvgIpc) is 2.42. The fraction of sp³-hybridized carbons (Fsp3) is 0.750. The third-order valence-electron chi connectivity index (χ3n) is 2.30. The zero-order valence-electron chi connectivity index (χ0n) is 11.0. The van der Waals surface area contributed by atoms with Crippen LogP contribution in [0.2, 0.25) is 0 Å². The number of aromatic nitrogens is 2. The predicted octanol–water partition coefficient (Wildman–Crippen LogP) is 2.42. The summed E-state index contributed by atoms with van der Waals surface area (Å²) >= 11 is 0. The first kappa shape index (κ1) is 12.9. The molecule has 0 fully saturated rings. The number of hydrogen-bond donors (Lipinski definition) is 2. The fourth-order valence-electron chi connectivity index (χ4n) is 1.87. The number of anilines is 2. The van der Waals surface area contributed by atoms with Crippen molar-refractivity contribution in [2.75, 3.05) is 23.7 Å². The van der Waals surface area contributed by atoms with Crippen molar-refractivity contribution in [1.82, 2.24) is 9.97 Å². The summed E-state index contributed by atoms with van der Waals surface area (Å²) in [5.41, 5.74) is 5.93. The zero-order valence-corrected chi connectivity index (χ0v) is 11.0. The van der Waals surface area contributed by atoms with Gasteiger partial charge in [-0.2, -0.15) is 0 Å². The number of hydrogen-bond acceptors (Lipinski definition) is 3. The molecule has 0 spiro atoms. The van der Waals surface area contributed by atoms with E-state index in [9.17, 15) is 0 Å². The van der Waals surface area contributed by atoms with E-state index in [1.54, 1.807) is 0 Å². The molecule has 4 heteroatoms. The highest BCUT2D eigenvalue weighted by Gasteiger charge is 2.16. The van der Waals surface area contributed by atoms with Crippen LogP contribution >= 0.6 is 0 Å². The molecule has 4 nitrogen and oxygen atoms in total. The highest BCUT2D eigenvalue weighted by atomic mass is 15.2. The molecule has 0 amide bonds. The number of nitrogens with one attached hydrogen (secondary N) is 1. The molecule has 1 aromatic rings. The minimum atomic E-state index is 0.607. The minimum absolute atomic E-state index is 0.607. The topological polar surface area (TPSA) is 57.9 Å². The summed E-state index contributed by atoms with van der Waals surface area (Å²) in [7, 11) is 0. The summed E-state index contributed by atoms with van der Waals surface area (Å²) < 4.78 is 0. The van der Waals surface area contributed by atoms with Crippen LogP contribution in [0.1, 0.15) is 33.5 Å². The van der Waals surface area contributed by atoms with E-state index < -0.39 is 0 Å². The predicted molar refractivity (Wildman–Crippen MR) is 69.6 cm³/mol. The second-order valence-electron chi connectivity index (χ2n) is 5.25. The van der Waals surface area contributed by atoms with Crippen LogP contribution in [0.4, 0.5) is 11.6 Å². The fourth-order valence-corrected chi connectivity index (χ4v) is 1.87. The summed E-state index contributed by atoms with van der Waals surface area (Å²) in [5, 5.41) is 0. The van der Waals surface area contributed by atoms with Gasteiger partial charge in [-0.1, -0.05) is 27.7 Å². The molecule has 0 aliphatic heterocycles. The number of aryl methyl sites for hydroxylation is 1. The summed E-state index contributed by atoms with van der Waals surface area (Å²) in [4.78, 5) is 9.79. The van der Waals surface area contributed by atoms with E-state index in [0.717, 1.165) is 24.7 Å². The lowest BCUT2D eigenvalue weighted by molar-refractivity contribution is 0.550. The summed E-state index contributed by atoms with van der Waals surface area (Å²) in [5.74, 6) is 3.68. The molecule has 0 saturated carbocycles. The monoisotopic (exact) mass is 224 g/mol. The Balaban J connectivity index is 2.86. The van der Waals surface area contributed by atoms with Crippen molar-refractivity contribution in [1.29, 1.82) is 0 Å². The Morgan fingerprint density at radius 3 is 2.00 bits per heavy atom. The second kappa shape index (κ2) is 5.23. The first-order chi connectivity index (χ1) is 7.40. The van der Waals surface area contributed by atoms with Gasteiger partial charge in [0.1, 0.15) is 11.6 Å². The van der Waals surface area contributed by atoms with Crippen molar-refractivity contribution < 1.29 is 0 Å². The second-order valence-corrected chi connectivity index (χ2v) is 5.25. The Morgan fingerprint density at radius 2 is 1.69 bits per heavy atom. The van der Waals surface area contributed by atoms with Crippen molar-refractivity contribution in [3.63, 3.8) is 0 Å². The lowest BCUT2D eigenvalue weighted by Crippen LogP contribution is -2.32. The summed E-state index contributed by atoms with van der Waals surface area (Å²) in [6, 6.07) is 0. The molecular formula is C12H24N4. The molecule has 92 valence electrons. The maximum atomic E-state index is 5.93. The van der Waals surface area contributed by atoms with Crippen LogP contribution in [0.3, 0.4) is 0 Å². The molecule has 1 aromatic heterocycles. The maximum Gasteiger partial charge on any atom is 0.171 e. The Morgan fingerprint density at radius 1 is 1.19 bits per heavy atom. The first-order valence-electron chi connectivity index (χ1n) is 5.97. The number of rotatable bonds is 5. The Bertz CT molecular complexity index is 318. The largest absolute Gasteiger partial charge is 0.382 e. The van der Waals surface area contributed by atoms with Gasteiger partial charge >= 0.3 is 0 Å². The number of aromatic amines is 1. The average molecular weight is 224 g/mol. The van der Waals surface area contributed by atoms with Crippen LogP contribution in [0, 0.1) is 18.8 Å². The Labute approximate surface area is 98.2 Å². The molecule has 0 aliphatic carbocycles. The van der Waals surface area contributed by atoms with Gasteiger partial charge in [0.15, 0.2) is 5.82 Å². The smallest absolute Gasteiger partial charge is 0.171 e. The van der Waals surface area contributed by atoms with Crippen LogP contribution < -0.4 is 10.6 Å². The van der Waals surface area contributed by atoms with E-state index in [0.29, 0.717) is 17.7 Å². The third-order valence-corrected chi connectivity index (χ3v) is 2.30. The number of nitrogens with zero attached hydrogens (tertiary/aromatic N) is 2. The molecule has 3 N–H and O–H groups in total. The van der Waals surface area contributed by atoms with Gasteiger partial charge in [-0.25, -0.2) is 4.98 Å². The molecule has 1 rings (SSSR count). The lowest BCUT2D eigenvalue weighted by Gasteiger charge is -2.26. The van der Waals surface area contributed by atoms with Gasteiger partial charge in [-0.15, -0.1) is 0 Å². The van der Waals surface area contributed by atoms with Gasteiger partial charge in [-0.3, -0.25) is 0 Å². The molecule has 0 aliphatic rings. The first-order valence-corrected chi connectivity index (χ1v) is 5.97. The molecule has 0 aromatic carbocycles. The van der Waals surface area contributed by atoms with Gasteiger partial charge < -0.3 is 15.6 Å². The molecule has 0 atom stereocenters. The number of imidazole rings is 1. The van der Waals surface area contributed by atoms with Crippen LogP contribution in [0.5, 0.6) is 0 Å². The van der Waals surface area contributed by atoms with Crippen molar-refractivity contribution >= 4 is 11.6 Å². The van der Waals surface area contributed by atoms with Crippen LogP contribution in [-0.4, -0.2) is 23.1 Å². The molecule has 0 bridgehead atoms. The van der Waals surface area contributed by atoms with Crippen LogP contribution in [-0.2, 0) is 0 Å². The Kier molecular flexibility index (Phi) is 4.21. The minimum Gasteiger partial charge on any atom is -0.382 e. The normalized spacial score (nSPS) is 11.4. The molecule has 0 radical (unpaired) electrons. The van der Waals surface area contributed by atoms with Gasteiger partial charge in [-0.05, 0) is 18.8 Å². The quantitative estimate of drug-likeness (QED) is 0.807. The molecule has 0 saturated heterocycles. The standard InChI is InChI=1S/C12H24N4/c1-8(2)6-16(7-9(3)4)12-11(13)14-10(5)15-12/h8-9H,6-7,13H2,1-5H3,(H,14,15). The van der Waals surface area contributed by atoms with Crippen LogP contribution in [0.15, 0.2) is 0 Å². The number of nitrogen functional groups attached to an aromatic ring is 1. The van der Waals surface area contributed by atoms with Crippen molar-refractivity contribution in [3.05, 3.63) is 5.82 Å². The number of H-pyrrole nitrogens is 1. The van der Waals surface area contributed by atoms with Gasteiger partial charge in [0.05, 0.1) is 0 Å². The van der Waals surface area contributed by atoms with E-state index in [4.69, 9.17) is 5.73 Å². The van der Waals surface area contributed by atoms with E-state index in [1.807, 2.05) is 6.92 Å². The molecular weight excluding hydrogens is 200 g/mol. The highest BCUT2D eigenvalue weighted by molar-refractivity contribution is 5.59. The zero-order chi connectivity index (χ0) is 12.3. The SMILES string of the molecule is Cc1nc(N(CC(C)C)CC(C)C)c(N)[nH]1. The Hall–Kier alpha value is -1.19. The van der Waals surface area contributed by atoms with Crippen LogP contribution in [0.25, 0.3) is 0 Å².